The van der Waals surface area contributed by atoms with E-state index in [0.717, 1.165) is 50.6 Å². The number of nitrogens with zero attached hydrogens (tertiary/aromatic N) is 2. The molecular formula is C29H42ClN4O3+. The van der Waals surface area contributed by atoms with E-state index in [1.165, 1.54) is 31.7 Å². The maximum Gasteiger partial charge on any atom is 0.316 e. The molecule has 2 aromatic rings. The summed E-state index contributed by atoms with van der Waals surface area (Å²) in [6.07, 6.45) is 11.3. The number of alkyl halides is 1. The van der Waals surface area contributed by atoms with Gasteiger partial charge in [0.25, 0.3) is 0 Å². The summed E-state index contributed by atoms with van der Waals surface area (Å²) in [6, 6.07) is 11.9. The zero-order valence-corrected chi connectivity index (χ0v) is 23.2. The first kappa shape index (κ1) is 30.5. The summed E-state index contributed by atoms with van der Waals surface area (Å²) in [5, 5.41) is 2.56. The highest BCUT2D eigenvalue weighted by molar-refractivity contribution is 6.15. The molecule has 0 saturated heterocycles. The molecule has 1 heterocycles. The number of esters is 1. The van der Waals surface area contributed by atoms with Crippen LogP contribution in [0.3, 0.4) is 0 Å². The van der Waals surface area contributed by atoms with Gasteiger partial charge < -0.3 is 15.8 Å². The molecule has 1 aromatic carbocycles. The van der Waals surface area contributed by atoms with Crippen molar-refractivity contribution in [3.05, 3.63) is 66.1 Å². The normalized spacial score (nSPS) is 20.0. The van der Waals surface area contributed by atoms with Crippen LogP contribution in [0.25, 0.3) is 0 Å². The van der Waals surface area contributed by atoms with Crippen LogP contribution in [-0.2, 0) is 19.7 Å². The van der Waals surface area contributed by atoms with E-state index in [1.807, 2.05) is 18.2 Å². The van der Waals surface area contributed by atoms with Crippen molar-refractivity contribution in [3.8, 4) is 0 Å². The molecule has 2 unspecified atom stereocenters. The molecule has 0 aliphatic heterocycles. The lowest BCUT2D eigenvalue weighted by atomic mass is 9.72. The largest absolute Gasteiger partial charge is 0.461 e. The van der Waals surface area contributed by atoms with E-state index in [4.69, 9.17) is 4.74 Å². The standard InChI is InChI=1S/C21H29NO2.C7H9N3O.CH3Cl/c1-16-15-19(18(16)11-14-22)24-20(23)21(12-7-2-3-8-13-21)17-9-5-4-6-10-17;1-5-8-4-3-7(9-5)10-6(2)11;1-2/h4-6,9-10,18-19H,1-3,7-8,11-15,22H2;3-4H,1-2H3,(H,8,9,10,11);1H3/p+1. The van der Waals surface area contributed by atoms with Gasteiger partial charge in [0.05, 0.1) is 12.0 Å². The van der Waals surface area contributed by atoms with Crippen LogP contribution in [0.5, 0.6) is 0 Å². The number of rotatable bonds is 6. The third-order valence-electron chi connectivity index (χ3n) is 6.96. The van der Waals surface area contributed by atoms with E-state index >= 15 is 0 Å². The molecule has 4 N–H and O–H groups in total. The number of amides is 1. The Morgan fingerprint density at radius 2 is 1.78 bits per heavy atom. The molecule has 4 rings (SSSR count). The lowest BCUT2D eigenvalue weighted by Crippen LogP contribution is -2.53. The monoisotopic (exact) mass is 529 g/mol. The van der Waals surface area contributed by atoms with Crippen LogP contribution in [0.4, 0.5) is 5.82 Å². The molecule has 8 heteroatoms. The third kappa shape index (κ3) is 8.64. The van der Waals surface area contributed by atoms with E-state index in [1.54, 1.807) is 19.2 Å². The first-order valence-electron chi connectivity index (χ1n) is 13.0. The van der Waals surface area contributed by atoms with Crippen LogP contribution in [-0.4, -0.2) is 40.9 Å². The molecule has 1 amide bonds. The van der Waals surface area contributed by atoms with Crippen LogP contribution in [0.2, 0.25) is 0 Å². The minimum absolute atomic E-state index is 0.00981. The number of carbonyl (C=O) groups excluding carboxylic acids is 2. The van der Waals surface area contributed by atoms with Gasteiger partial charge in [0, 0.05) is 38.3 Å². The zero-order valence-electron chi connectivity index (χ0n) is 22.5. The van der Waals surface area contributed by atoms with Crippen molar-refractivity contribution < 1.29 is 20.1 Å². The Bertz CT molecular complexity index is 1010. The number of ether oxygens (including phenoxy) is 1. The highest BCUT2D eigenvalue weighted by atomic mass is 35.5. The van der Waals surface area contributed by atoms with Crippen molar-refractivity contribution in [2.45, 2.75) is 76.7 Å². The van der Waals surface area contributed by atoms with Crippen molar-refractivity contribution in [1.82, 2.24) is 9.97 Å². The first-order chi connectivity index (χ1) is 17.9. The lowest BCUT2D eigenvalue weighted by molar-refractivity contribution is -0.371. The Labute approximate surface area is 226 Å². The lowest BCUT2D eigenvalue weighted by Gasteiger charge is -2.41. The van der Waals surface area contributed by atoms with Crippen LogP contribution < -0.4 is 11.1 Å². The average molecular weight is 530 g/mol. The van der Waals surface area contributed by atoms with Gasteiger partial charge in [-0.15, -0.1) is 11.6 Å². The van der Waals surface area contributed by atoms with Gasteiger partial charge in [-0.25, -0.2) is 9.97 Å². The highest BCUT2D eigenvalue weighted by Gasteiger charge is 2.45. The number of nitrogens with one attached hydrogen (secondary N) is 1. The van der Waals surface area contributed by atoms with Gasteiger partial charge in [0.15, 0.2) is 0 Å². The fraction of sp³-hybridized carbons (Fsp3) is 0.517. The molecule has 2 aliphatic carbocycles. The van der Waals surface area contributed by atoms with Crippen molar-refractivity contribution in [2.75, 3.05) is 18.2 Å². The maximum atomic E-state index is 13.3. The number of halogens is 1. The van der Waals surface area contributed by atoms with E-state index in [-0.39, 0.29) is 18.0 Å². The number of benzene rings is 1. The molecule has 2 fully saturated rings. The number of quaternary nitrogens is 1. The van der Waals surface area contributed by atoms with Crippen molar-refractivity contribution in [1.29, 1.82) is 0 Å². The van der Waals surface area contributed by atoms with Crippen molar-refractivity contribution in [2.24, 2.45) is 5.92 Å². The number of aryl methyl sites for hydroxylation is 1. The second-order valence-electron chi connectivity index (χ2n) is 9.59. The molecule has 2 saturated carbocycles. The Balaban J connectivity index is 0.000000311. The molecule has 1 aromatic heterocycles. The third-order valence-corrected chi connectivity index (χ3v) is 6.96. The van der Waals surface area contributed by atoms with Gasteiger partial charge in [-0.3, -0.25) is 9.59 Å². The second kappa shape index (κ2) is 15.5. The Hall–Kier alpha value is -2.77. The van der Waals surface area contributed by atoms with Gasteiger partial charge >= 0.3 is 5.97 Å². The molecule has 2 atom stereocenters. The second-order valence-corrected chi connectivity index (χ2v) is 9.59. The maximum absolute atomic E-state index is 13.3. The smallest absolute Gasteiger partial charge is 0.316 e. The van der Waals surface area contributed by atoms with E-state index in [9.17, 15) is 9.59 Å². The van der Waals surface area contributed by atoms with Gasteiger partial charge in [-0.1, -0.05) is 68.2 Å². The predicted octanol–water partition coefficient (Wildman–Crippen LogP) is 5.00. The summed E-state index contributed by atoms with van der Waals surface area (Å²) in [7, 11) is 0. The summed E-state index contributed by atoms with van der Waals surface area (Å²) in [5.74, 6) is 1.37. The summed E-state index contributed by atoms with van der Waals surface area (Å²) in [4.78, 5) is 31.7. The van der Waals surface area contributed by atoms with Crippen LogP contribution in [0.15, 0.2) is 54.7 Å². The summed E-state index contributed by atoms with van der Waals surface area (Å²) in [6.45, 7) is 8.18. The molecule has 0 bridgehead atoms. The molecule has 0 radical (unpaired) electrons. The van der Waals surface area contributed by atoms with Gasteiger partial charge in [0.1, 0.15) is 17.7 Å². The summed E-state index contributed by atoms with van der Waals surface area (Å²) in [5.41, 5.74) is 5.83. The molecule has 7 nitrogen and oxygen atoms in total. The van der Waals surface area contributed by atoms with Gasteiger partial charge in [-0.05, 0) is 31.4 Å². The predicted molar refractivity (Wildman–Crippen MR) is 148 cm³/mol. The van der Waals surface area contributed by atoms with Crippen LogP contribution in [0, 0.1) is 12.8 Å². The SMILES string of the molecule is C=C1CC(OC(=O)C2(c3ccccc3)CCCCCC2)C1CC[NH3+].CC(=O)Nc1ccnc(C)n1.CCl. The molecule has 202 valence electrons. The van der Waals surface area contributed by atoms with Crippen molar-refractivity contribution >= 4 is 29.3 Å². The minimum Gasteiger partial charge on any atom is -0.461 e. The number of aromatic nitrogens is 2. The summed E-state index contributed by atoms with van der Waals surface area (Å²) < 4.78 is 6.05. The van der Waals surface area contributed by atoms with E-state index in [2.05, 4.69) is 51.3 Å². The van der Waals surface area contributed by atoms with E-state index in [0.29, 0.717) is 17.6 Å². The zero-order chi connectivity index (χ0) is 27.3. The summed E-state index contributed by atoms with van der Waals surface area (Å²) >= 11 is 4.64. The Kier molecular flexibility index (Phi) is 12.7. The van der Waals surface area contributed by atoms with E-state index < -0.39 is 5.41 Å². The fourth-order valence-corrected chi connectivity index (χ4v) is 5.04. The quantitative estimate of drug-likeness (QED) is 0.237. The first-order valence-corrected chi connectivity index (χ1v) is 13.8. The molecule has 37 heavy (non-hydrogen) atoms. The highest BCUT2D eigenvalue weighted by Crippen LogP contribution is 2.43. The molecule has 2 aliphatic rings. The Morgan fingerprint density at radius 1 is 1.14 bits per heavy atom. The molecular weight excluding hydrogens is 488 g/mol. The number of hydrogen-bond donors (Lipinski definition) is 2. The van der Waals surface area contributed by atoms with Gasteiger partial charge in [0.2, 0.25) is 5.91 Å². The average Bonchev–Trinajstić information content (AvgIpc) is 3.16. The topological polar surface area (TPSA) is 109 Å². The van der Waals surface area contributed by atoms with Crippen LogP contribution >= 0.6 is 11.6 Å². The fourth-order valence-electron chi connectivity index (χ4n) is 5.04. The number of carbonyl (C=O) groups is 2. The Morgan fingerprint density at radius 3 is 2.32 bits per heavy atom. The molecule has 0 spiro atoms. The number of anilines is 1. The minimum atomic E-state index is -0.455. The van der Waals surface area contributed by atoms with Gasteiger partial charge in [-0.2, -0.15) is 0 Å². The van der Waals surface area contributed by atoms with Crippen molar-refractivity contribution in [3.63, 3.8) is 0 Å². The number of hydrogen-bond acceptors (Lipinski definition) is 5. The van der Waals surface area contributed by atoms with Crippen LogP contribution in [0.1, 0.15) is 69.7 Å².